The number of benzene rings is 1. The highest BCUT2D eigenvalue weighted by Gasteiger charge is 2.54. The van der Waals surface area contributed by atoms with Gasteiger partial charge in [0.15, 0.2) is 5.82 Å². The molecule has 1 heterocycles. The molecule has 0 radical (unpaired) electrons. The lowest BCUT2D eigenvalue weighted by molar-refractivity contribution is 0.352. The largest absolute Gasteiger partial charge is 0.360 e. The Hall–Kier alpha value is -2.41. The normalized spacial score (nSPS) is 15.5. The minimum atomic E-state index is -3.53. The van der Waals surface area contributed by atoms with Gasteiger partial charge in [0.1, 0.15) is 10.5 Å². The van der Waals surface area contributed by atoms with Crippen LogP contribution in [-0.4, -0.2) is 36.9 Å². The summed E-state index contributed by atoms with van der Waals surface area (Å²) in [5.41, 5.74) is 1.65. The zero-order chi connectivity index (χ0) is 21.8. The van der Waals surface area contributed by atoms with Gasteiger partial charge in [-0.05, 0) is 64.3 Å². The Morgan fingerprint density at radius 1 is 1.27 bits per heavy atom. The maximum absolute atomic E-state index is 12.7. The lowest BCUT2D eigenvalue weighted by atomic mass is 10.00. The van der Waals surface area contributed by atoms with E-state index in [0.717, 1.165) is 12.0 Å². The van der Waals surface area contributed by atoms with Crippen LogP contribution in [0.5, 0.6) is 0 Å². The number of rotatable bonds is 11. The third kappa shape index (κ3) is 5.59. The molecule has 3 rings (SSSR count). The van der Waals surface area contributed by atoms with Crippen LogP contribution in [0.25, 0.3) is 0 Å². The fraction of sp³-hybridized carbons (Fsp3) is 0.524. The first-order valence-electron chi connectivity index (χ1n) is 10.1. The van der Waals surface area contributed by atoms with Crippen molar-refractivity contribution in [2.45, 2.75) is 56.9 Å². The van der Waals surface area contributed by atoms with E-state index in [9.17, 15) is 8.42 Å². The molecule has 0 spiro atoms. The minimum Gasteiger partial charge on any atom is -0.360 e. The maximum atomic E-state index is 12.7. The molecule has 162 valence electrons. The molecule has 0 saturated heterocycles. The molecule has 1 aliphatic rings. The predicted molar refractivity (Wildman–Crippen MR) is 115 cm³/mol. The molecule has 0 amide bonds. The second-order valence-corrected chi connectivity index (χ2v) is 10.7. The number of aromatic nitrogens is 1. The van der Waals surface area contributed by atoms with Gasteiger partial charge in [0, 0.05) is 24.7 Å². The van der Waals surface area contributed by atoms with Crippen LogP contribution in [0.15, 0.2) is 34.9 Å². The highest BCUT2D eigenvalue weighted by atomic mass is 32.2. The number of hydrogen-bond donors (Lipinski definition) is 3. The number of nitriles is 1. The van der Waals surface area contributed by atoms with E-state index in [-0.39, 0.29) is 11.4 Å². The highest BCUT2D eigenvalue weighted by molar-refractivity contribution is 7.94. The van der Waals surface area contributed by atoms with E-state index in [1.165, 1.54) is 0 Å². The maximum Gasteiger partial charge on any atom is 0.241 e. The summed E-state index contributed by atoms with van der Waals surface area (Å²) in [6.45, 7) is 7.78. The number of aryl methyl sites for hydroxylation is 1. The molecule has 2 aromatic rings. The third-order valence-corrected chi connectivity index (χ3v) is 7.64. The Balaban J connectivity index is 1.43. The number of hydrogen-bond acceptors (Lipinski definition) is 7. The molecule has 1 saturated carbocycles. The molecule has 0 unspecified atom stereocenters. The zero-order valence-electron chi connectivity index (χ0n) is 17.7. The van der Waals surface area contributed by atoms with Gasteiger partial charge >= 0.3 is 0 Å². The molecule has 3 N–H and O–H groups in total. The topological polar surface area (TPSA) is 120 Å². The van der Waals surface area contributed by atoms with Gasteiger partial charge in [-0.3, -0.25) is 4.72 Å². The molecule has 9 heteroatoms. The van der Waals surface area contributed by atoms with Crippen LogP contribution in [0.3, 0.4) is 0 Å². The van der Waals surface area contributed by atoms with Crippen molar-refractivity contribution in [1.29, 1.82) is 5.26 Å². The monoisotopic (exact) mass is 431 g/mol. The Kier molecular flexibility index (Phi) is 6.50. The van der Waals surface area contributed by atoms with Crippen molar-refractivity contribution >= 4 is 15.8 Å². The van der Waals surface area contributed by atoms with Gasteiger partial charge in [-0.15, -0.1) is 0 Å². The van der Waals surface area contributed by atoms with Crippen molar-refractivity contribution in [3.63, 3.8) is 0 Å². The lowest BCUT2D eigenvalue weighted by Gasteiger charge is -2.27. The molecule has 1 aromatic heterocycles. The van der Waals surface area contributed by atoms with Crippen LogP contribution in [-0.2, 0) is 16.6 Å². The molecule has 0 aliphatic heterocycles. The van der Waals surface area contributed by atoms with Crippen molar-refractivity contribution in [2.24, 2.45) is 0 Å². The second kappa shape index (κ2) is 8.76. The highest BCUT2D eigenvalue weighted by Crippen LogP contribution is 2.43. The molecule has 1 aromatic carbocycles. The van der Waals surface area contributed by atoms with E-state index < -0.39 is 14.8 Å². The van der Waals surface area contributed by atoms with E-state index in [2.05, 4.69) is 40.4 Å². The Morgan fingerprint density at radius 2 is 1.97 bits per heavy atom. The van der Waals surface area contributed by atoms with Crippen molar-refractivity contribution < 1.29 is 12.9 Å². The van der Waals surface area contributed by atoms with Crippen molar-refractivity contribution in [1.82, 2.24) is 15.8 Å². The van der Waals surface area contributed by atoms with Gasteiger partial charge < -0.3 is 15.2 Å². The van der Waals surface area contributed by atoms with Gasteiger partial charge in [-0.25, -0.2) is 8.42 Å². The van der Waals surface area contributed by atoms with Crippen LogP contribution in [0, 0.1) is 18.3 Å². The van der Waals surface area contributed by atoms with Gasteiger partial charge in [0.25, 0.3) is 0 Å². The first-order valence-corrected chi connectivity index (χ1v) is 11.5. The van der Waals surface area contributed by atoms with Gasteiger partial charge in [-0.1, -0.05) is 17.3 Å². The molecular weight excluding hydrogens is 402 g/mol. The molecule has 8 nitrogen and oxygen atoms in total. The average molecular weight is 432 g/mol. The fourth-order valence-corrected chi connectivity index (χ4v) is 4.70. The summed E-state index contributed by atoms with van der Waals surface area (Å²) in [5, 5.41) is 19.4. The first-order chi connectivity index (χ1) is 14.1. The number of nitrogens with zero attached hydrogens (tertiary/aromatic N) is 2. The summed E-state index contributed by atoms with van der Waals surface area (Å²) in [4.78, 5) is 0. The average Bonchev–Trinajstić information content (AvgIpc) is 3.41. The molecular formula is C21H29N5O3S. The Bertz CT molecular complexity index is 1000. The van der Waals surface area contributed by atoms with Gasteiger partial charge in [0.05, 0.1) is 11.6 Å². The lowest BCUT2D eigenvalue weighted by Crippen LogP contribution is -2.44. The van der Waals surface area contributed by atoms with E-state index in [0.29, 0.717) is 43.8 Å². The summed E-state index contributed by atoms with van der Waals surface area (Å²) in [6, 6.07) is 11.2. The smallest absolute Gasteiger partial charge is 0.241 e. The van der Waals surface area contributed by atoms with Crippen LogP contribution < -0.4 is 15.4 Å². The van der Waals surface area contributed by atoms with Gasteiger partial charge in [0.2, 0.25) is 10.0 Å². The van der Waals surface area contributed by atoms with E-state index in [4.69, 9.17) is 9.78 Å². The van der Waals surface area contributed by atoms with Crippen LogP contribution in [0.2, 0.25) is 0 Å². The third-order valence-electron chi connectivity index (χ3n) is 5.47. The number of sulfonamides is 1. The van der Waals surface area contributed by atoms with Crippen molar-refractivity contribution in [3.05, 3.63) is 47.2 Å². The van der Waals surface area contributed by atoms with E-state index in [1.807, 2.05) is 24.3 Å². The van der Waals surface area contributed by atoms with Crippen molar-refractivity contribution in [2.75, 3.05) is 17.8 Å². The summed E-state index contributed by atoms with van der Waals surface area (Å²) in [7, 11) is -3.53. The minimum absolute atomic E-state index is 0.118. The van der Waals surface area contributed by atoms with E-state index in [1.54, 1.807) is 13.0 Å². The van der Waals surface area contributed by atoms with Crippen LogP contribution in [0.1, 0.15) is 50.0 Å². The molecule has 30 heavy (non-hydrogen) atoms. The Labute approximate surface area is 178 Å². The fourth-order valence-electron chi connectivity index (χ4n) is 3.18. The second-order valence-electron chi connectivity index (χ2n) is 8.58. The standard InChI is InChI=1S/C21H29N5O3S/c1-16-12-19(25-29-16)26-30(27,28)21(8-9-21)15-23-11-10-20(2,3)24-14-18-6-4-17(13-22)5-7-18/h4-7,12,23-24H,8-11,14-15H2,1-3H3,(H,25,26). The molecule has 1 fully saturated rings. The Morgan fingerprint density at radius 3 is 2.53 bits per heavy atom. The molecule has 1 aliphatic carbocycles. The number of nitrogens with one attached hydrogen (secondary N) is 3. The summed E-state index contributed by atoms with van der Waals surface area (Å²) in [5.74, 6) is 0.790. The van der Waals surface area contributed by atoms with Crippen LogP contribution in [0.4, 0.5) is 5.82 Å². The zero-order valence-corrected chi connectivity index (χ0v) is 18.5. The number of anilines is 1. The summed E-state index contributed by atoms with van der Waals surface area (Å²) in [6.07, 6.45) is 2.11. The first kappa shape index (κ1) is 22.3. The predicted octanol–water partition coefficient (Wildman–Crippen LogP) is 2.68. The quantitative estimate of drug-likeness (QED) is 0.468. The summed E-state index contributed by atoms with van der Waals surface area (Å²) >= 11 is 0. The van der Waals surface area contributed by atoms with Crippen LogP contribution >= 0.6 is 0 Å². The van der Waals surface area contributed by atoms with Gasteiger partial charge in [-0.2, -0.15) is 5.26 Å². The van der Waals surface area contributed by atoms with E-state index >= 15 is 0 Å². The molecule has 0 atom stereocenters. The molecule has 0 bridgehead atoms. The van der Waals surface area contributed by atoms with Crippen molar-refractivity contribution in [3.8, 4) is 6.07 Å². The summed E-state index contributed by atoms with van der Waals surface area (Å²) < 4.78 is 32.1. The SMILES string of the molecule is Cc1cc(NS(=O)(=O)C2(CNCCC(C)(C)NCc3ccc(C#N)cc3)CC2)no1.